The lowest BCUT2D eigenvalue weighted by molar-refractivity contribution is 0.350. The second-order valence-electron chi connectivity index (χ2n) is 3.58. The number of nitrogens with zero attached hydrogens (tertiary/aromatic N) is 1. The first kappa shape index (κ1) is 14.7. The molecule has 0 aliphatic heterocycles. The lowest BCUT2D eigenvalue weighted by atomic mass is 10.1. The number of hydrogen-bond donors (Lipinski definition) is 2. The first-order valence-corrected chi connectivity index (χ1v) is 6.77. The van der Waals surface area contributed by atoms with Crippen molar-refractivity contribution in [3.05, 3.63) is 35.4 Å². The van der Waals surface area contributed by atoms with Crippen LogP contribution in [-0.2, 0) is 16.8 Å². The summed E-state index contributed by atoms with van der Waals surface area (Å²) < 4.78 is 26.6. The summed E-state index contributed by atoms with van der Waals surface area (Å²) in [5.74, 6) is 5.35. The van der Waals surface area contributed by atoms with Crippen molar-refractivity contribution in [3.63, 3.8) is 0 Å². The Balaban J connectivity index is 2.98. The van der Waals surface area contributed by atoms with Crippen molar-refractivity contribution in [2.24, 2.45) is 0 Å². The zero-order valence-electron chi connectivity index (χ0n) is 10.3. The highest BCUT2D eigenvalue weighted by Crippen LogP contribution is 2.11. The fraction of sp³-hybridized carbons (Fsp3) is 0.333. The highest BCUT2D eigenvalue weighted by Gasteiger charge is 2.15. The molecule has 0 unspecified atom stereocenters. The second-order valence-corrected chi connectivity index (χ2v) is 5.56. The number of hydrogen-bond acceptors (Lipinski definition) is 3. The van der Waals surface area contributed by atoms with Crippen LogP contribution in [0, 0.1) is 11.8 Å². The van der Waals surface area contributed by atoms with E-state index in [4.69, 9.17) is 5.11 Å². The lowest BCUT2D eigenvalue weighted by Gasteiger charge is -2.16. The second kappa shape index (κ2) is 6.52. The Bertz CT molecular complexity index is 558. The zero-order chi connectivity index (χ0) is 13.6. The van der Waals surface area contributed by atoms with Gasteiger partial charge in [-0.15, -0.1) is 0 Å². The van der Waals surface area contributed by atoms with Crippen LogP contribution < -0.4 is 4.72 Å². The molecule has 1 rings (SSSR count). The van der Waals surface area contributed by atoms with Gasteiger partial charge < -0.3 is 5.11 Å². The van der Waals surface area contributed by atoms with E-state index in [1.165, 1.54) is 18.4 Å². The van der Waals surface area contributed by atoms with Gasteiger partial charge in [-0.2, -0.15) is 12.7 Å². The number of benzene rings is 1. The van der Waals surface area contributed by atoms with Crippen molar-refractivity contribution in [1.29, 1.82) is 0 Å². The topological polar surface area (TPSA) is 69.6 Å². The smallest absolute Gasteiger partial charge is 0.279 e. The van der Waals surface area contributed by atoms with E-state index in [2.05, 4.69) is 16.6 Å². The highest BCUT2D eigenvalue weighted by atomic mass is 32.2. The lowest BCUT2D eigenvalue weighted by Crippen LogP contribution is -2.35. The summed E-state index contributed by atoms with van der Waals surface area (Å²) in [7, 11) is -0.595. The van der Waals surface area contributed by atoms with E-state index in [0.717, 1.165) is 5.56 Å². The summed E-state index contributed by atoms with van der Waals surface area (Å²) in [4.78, 5) is 0. The normalized spacial score (nSPS) is 11.1. The van der Waals surface area contributed by atoms with Gasteiger partial charge in [-0.3, -0.25) is 0 Å². The van der Waals surface area contributed by atoms with Gasteiger partial charge in [0, 0.05) is 26.2 Å². The molecule has 0 radical (unpaired) electrons. The van der Waals surface area contributed by atoms with Crippen LogP contribution in [0.4, 0.5) is 0 Å². The van der Waals surface area contributed by atoms with Crippen molar-refractivity contribution in [3.8, 4) is 11.8 Å². The van der Waals surface area contributed by atoms with Crippen LogP contribution in [0.2, 0.25) is 0 Å². The number of aliphatic hydroxyl groups is 1. The molecule has 0 bridgehead atoms. The summed E-state index contributed by atoms with van der Waals surface area (Å²) in [6.07, 6.45) is 0. The van der Waals surface area contributed by atoms with Crippen LogP contribution in [0.15, 0.2) is 24.3 Å². The molecule has 0 saturated carbocycles. The first-order valence-electron chi connectivity index (χ1n) is 5.33. The van der Waals surface area contributed by atoms with E-state index in [0.29, 0.717) is 5.56 Å². The molecule has 6 heteroatoms. The minimum Gasteiger partial charge on any atom is -0.384 e. The van der Waals surface area contributed by atoms with Gasteiger partial charge >= 0.3 is 0 Å². The summed E-state index contributed by atoms with van der Waals surface area (Å²) in [5, 5.41) is 8.68. The molecule has 0 atom stereocenters. The maximum atomic E-state index is 11.6. The minimum atomic E-state index is -3.45. The van der Waals surface area contributed by atoms with E-state index in [1.807, 2.05) is 18.2 Å². The van der Waals surface area contributed by atoms with Crippen LogP contribution >= 0.6 is 0 Å². The van der Waals surface area contributed by atoms with E-state index in [1.54, 1.807) is 6.07 Å². The maximum absolute atomic E-state index is 11.6. The third-order valence-corrected chi connectivity index (χ3v) is 3.85. The van der Waals surface area contributed by atoms with Gasteiger partial charge in [0.05, 0.1) is 0 Å². The zero-order valence-corrected chi connectivity index (χ0v) is 11.2. The van der Waals surface area contributed by atoms with Crippen molar-refractivity contribution in [2.75, 3.05) is 20.7 Å². The molecular weight excluding hydrogens is 252 g/mol. The molecule has 5 nitrogen and oxygen atoms in total. The van der Waals surface area contributed by atoms with Gasteiger partial charge in [0.1, 0.15) is 6.61 Å². The summed E-state index contributed by atoms with van der Waals surface area (Å²) in [6, 6.07) is 7.23. The Hall–Kier alpha value is -1.39. The summed E-state index contributed by atoms with van der Waals surface area (Å²) in [5.41, 5.74) is 1.50. The van der Waals surface area contributed by atoms with Crippen molar-refractivity contribution in [2.45, 2.75) is 6.54 Å². The van der Waals surface area contributed by atoms with Gasteiger partial charge in [-0.05, 0) is 11.6 Å². The maximum Gasteiger partial charge on any atom is 0.279 e. The Labute approximate surface area is 108 Å². The fourth-order valence-corrected chi connectivity index (χ4v) is 2.02. The Morgan fingerprint density at radius 1 is 1.39 bits per heavy atom. The van der Waals surface area contributed by atoms with Gasteiger partial charge in [-0.25, -0.2) is 4.72 Å². The molecule has 1 aromatic rings. The molecular formula is C12H16N2O3S. The molecule has 0 saturated heterocycles. The van der Waals surface area contributed by atoms with Crippen LogP contribution in [0.25, 0.3) is 0 Å². The van der Waals surface area contributed by atoms with Crippen molar-refractivity contribution >= 4 is 10.2 Å². The third-order valence-electron chi connectivity index (χ3n) is 2.38. The Morgan fingerprint density at radius 2 is 2.06 bits per heavy atom. The van der Waals surface area contributed by atoms with Crippen LogP contribution in [0.5, 0.6) is 0 Å². The largest absolute Gasteiger partial charge is 0.384 e. The van der Waals surface area contributed by atoms with Crippen molar-refractivity contribution < 1.29 is 13.5 Å². The summed E-state index contributed by atoms with van der Waals surface area (Å²) >= 11 is 0. The minimum absolute atomic E-state index is 0.222. The molecule has 1 aromatic carbocycles. The summed E-state index contributed by atoms with van der Waals surface area (Å²) in [6.45, 7) is -0.00154. The molecule has 0 amide bonds. The highest BCUT2D eigenvalue weighted by molar-refractivity contribution is 7.87. The molecule has 18 heavy (non-hydrogen) atoms. The van der Waals surface area contributed by atoms with Crippen LogP contribution in [0.3, 0.4) is 0 Å². The molecule has 98 valence electrons. The predicted octanol–water partition coefficient (Wildman–Crippen LogP) is -0.0736. The number of rotatable bonds is 4. The molecule has 0 fully saturated rings. The molecule has 0 spiro atoms. The van der Waals surface area contributed by atoms with E-state index in [9.17, 15) is 8.42 Å². The number of nitrogens with one attached hydrogen (secondary N) is 1. The van der Waals surface area contributed by atoms with Crippen LogP contribution in [-0.4, -0.2) is 38.5 Å². The van der Waals surface area contributed by atoms with Gasteiger partial charge in [0.2, 0.25) is 0 Å². The average Bonchev–Trinajstić information content (AvgIpc) is 2.37. The van der Waals surface area contributed by atoms with E-state index in [-0.39, 0.29) is 13.2 Å². The monoisotopic (exact) mass is 268 g/mol. The fourth-order valence-electron chi connectivity index (χ4n) is 1.40. The quantitative estimate of drug-likeness (QED) is 0.751. The predicted molar refractivity (Wildman–Crippen MR) is 69.9 cm³/mol. The third kappa shape index (κ3) is 3.82. The molecule has 0 aromatic heterocycles. The first-order chi connectivity index (χ1) is 8.51. The van der Waals surface area contributed by atoms with E-state index < -0.39 is 10.2 Å². The SMILES string of the molecule is CNS(=O)(=O)N(C)Cc1ccccc1C#CCO. The Morgan fingerprint density at radius 3 is 2.67 bits per heavy atom. The van der Waals surface area contributed by atoms with Gasteiger partial charge in [0.25, 0.3) is 10.2 Å². The molecule has 0 heterocycles. The van der Waals surface area contributed by atoms with Gasteiger partial charge in [-0.1, -0.05) is 30.0 Å². The van der Waals surface area contributed by atoms with Crippen molar-refractivity contribution in [1.82, 2.24) is 9.03 Å². The molecule has 2 N–H and O–H groups in total. The standard InChI is InChI=1S/C12H16N2O3S/c1-13-18(16,17)14(2)10-12-7-4-3-6-11(12)8-5-9-15/h3-4,6-7,13,15H,9-10H2,1-2H3. The Kier molecular flexibility index (Phi) is 5.31. The molecule has 0 aliphatic carbocycles. The number of aliphatic hydroxyl groups excluding tert-OH is 1. The van der Waals surface area contributed by atoms with Gasteiger partial charge in [0.15, 0.2) is 0 Å². The average molecular weight is 268 g/mol. The molecule has 0 aliphatic rings. The van der Waals surface area contributed by atoms with Crippen LogP contribution in [0.1, 0.15) is 11.1 Å². The van der Waals surface area contributed by atoms with E-state index >= 15 is 0 Å².